The van der Waals surface area contributed by atoms with E-state index in [4.69, 9.17) is 4.74 Å². The first-order valence-electron chi connectivity index (χ1n) is 13.7. The number of esters is 1. The zero-order valence-electron chi connectivity index (χ0n) is 22.6. The van der Waals surface area contributed by atoms with Gasteiger partial charge in [0, 0.05) is 30.7 Å². The first-order chi connectivity index (χ1) is 19.6. The Bertz CT molecular complexity index is 1460. The fraction of sp³-hybridized carbons (Fsp3) is 0.519. The van der Waals surface area contributed by atoms with Gasteiger partial charge in [0.1, 0.15) is 23.8 Å². The Labute approximate surface area is 237 Å². The van der Waals surface area contributed by atoms with Crippen molar-refractivity contribution in [1.29, 1.82) is 0 Å². The summed E-state index contributed by atoms with van der Waals surface area (Å²) >= 11 is 0. The Hall–Kier alpha value is -3.62. The number of hydrogen-bond donors (Lipinski definition) is 3. The van der Waals surface area contributed by atoms with E-state index in [0.29, 0.717) is 31.1 Å². The number of pyridine rings is 1. The molecule has 1 aromatic carbocycles. The molecule has 3 amide bonds. The molecule has 220 valence electrons. The van der Waals surface area contributed by atoms with Gasteiger partial charge in [-0.25, -0.2) is 8.42 Å². The third-order valence-electron chi connectivity index (χ3n) is 7.92. The van der Waals surface area contributed by atoms with Crippen LogP contribution in [0.3, 0.4) is 0 Å². The molecule has 3 N–H and O–H groups in total. The summed E-state index contributed by atoms with van der Waals surface area (Å²) in [7, 11) is -3.70. The van der Waals surface area contributed by atoms with Gasteiger partial charge in [0.25, 0.3) is 5.91 Å². The molecule has 3 saturated heterocycles. The summed E-state index contributed by atoms with van der Waals surface area (Å²) in [5, 5.41) is 16.8. The molecule has 5 rings (SSSR count). The van der Waals surface area contributed by atoms with Gasteiger partial charge in [-0.1, -0.05) is 37.1 Å². The van der Waals surface area contributed by atoms with Gasteiger partial charge in [-0.05, 0) is 31.2 Å². The summed E-state index contributed by atoms with van der Waals surface area (Å²) in [5.41, 5.74) is 0.169. The van der Waals surface area contributed by atoms with Crippen molar-refractivity contribution in [2.75, 3.05) is 18.8 Å². The summed E-state index contributed by atoms with van der Waals surface area (Å²) in [5.74, 6) is -2.62. The van der Waals surface area contributed by atoms with Crippen LogP contribution in [0.25, 0.3) is 10.8 Å². The van der Waals surface area contributed by atoms with Crippen molar-refractivity contribution in [2.24, 2.45) is 0 Å². The van der Waals surface area contributed by atoms with Crippen LogP contribution in [-0.4, -0.2) is 101 Å². The maximum atomic E-state index is 14.1. The van der Waals surface area contributed by atoms with Crippen molar-refractivity contribution < 1.29 is 37.4 Å². The Balaban J connectivity index is 1.44. The van der Waals surface area contributed by atoms with Crippen molar-refractivity contribution in [3.8, 4) is 0 Å². The van der Waals surface area contributed by atoms with Crippen LogP contribution in [0.15, 0.2) is 36.5 Å². The normalized spacial score (nSPS) is 27.5. The Morgan fingerprint density at radius 3 is 2.59 bits per heavy atom. The number of carbonyl (C=O) groups excluding carboxylic acids is 4. The number of aromatic nitrogens is 1. The number of cyclic esters (lactones) is 1. The summed E-state index contributed by atoms with van der Waals surface area (Å²) in [6.07, 6.45) is 1.75. The summed E-state index contributed by atoms with van der Waals surface area (Å²) < 4.78 is 31.7. The molecule has 41 heavy (non-hydrogen) atoms. The first kappa shape index (κ1) is 28.9. The molecule has 2 unspecified atom stereocenters. The molecule has 3 aliphatic heterocycles. The zero-order chi connectivity index (χ0) is 29.3. The van der Waals surface area contributed by atoms with Crippen LogP contribution >= 0.6 is 0 Å². The van der Waals surface area contributed by atoms with Crippen LogP contribution in [0.5, 0.6) is 0 Å². The molecule has 3 fully saturated rings. The largest absolute Gasteiger partial charge is 0.434 e. The number of piperazine rings is 1. The lowest BCUT2D eigenvalue weighted by molar-refractivity contribution is -0.156. The van der Waals surface area contributed by atoms with E-state index in [2.05, 4.69) is 15.6 Å². The lowest BCUT2D eigenvalue weighted by atomic mass is 9.94. The number of rotatable bonds is 6. The van der Waals surface area contributed by atoms with Crippen LogP contribution in [-0.2, 0) is 29.1 Å². The molecule has 0 saturated carbocycles. The number of nitrogens with one attached hydrogen (secondary N) is 2. The van der Waals surface area contributed by atoms with Gasteiger partial charge in [0.15, 0.2) is 0 Å². The van der Waals surface area contributed by atoms with Crippen LogP contribution < -0.4 is 10.6 Å². The van der Waals surface area contributed by atoms with Gasteiger partial charge in [-0.15, -0.1) is 0 Å². The monoisotopic (exact) mass is 587 g/mol. The van der Waals surface area contributed by atoms with E-state index in [1.54, 1.807) is 18.2 Å². The average Bonchev–Trinajstić information content (AvgIpc) is 3.28. The van der Waals surface area contributed by atoms with E-state index in [1.165, 1.54) is 22.3 Å². The minimum Gasteiger partial charge on any atom is -0.434 e. The number of aliphatic hydroxyl groups excluding tert-OH is 1. The molecule has 0 radical (unpaired) electrons. The number of nitrogens with zero attached hydrogens (tertiary/aromatic N) is 3. The van der Waals surface area contributed by atoms with Crippen molar-refractivity contribution in [2.45, 2.75) is 69.5 Å². The number of amides is 3. The molecular formula is C27H33N5O8S. The van der Waals surface area contributed by atoms with Crippen LogP contribution in [0.2, 0.25) is 0 Å². The Kier molecular flexibility index (Phi) is 8.25. The summed E-state index contributed by atoms with van der Waals surface area (Å²) in [6.45, 7) is 1.23. The van der Waals surface area contributed by atoms with Gasteiger partial charge in [0.2, 0.25) is 28.1 Å². The average molecular weight is 588 g/mol. The second kappa shape index (κ2) is 11.7. The maximum Gasteiger partial charge on any atom is 0.310 e. The van der Waals surface area contributed by atoms with E-state index < -0.39 is 64.2 Å². The summed E-state index contributed by atoms with van der Waals surface area (Å²) in [4.78, 5) is 58.3. The number of fused-ring (bicyclic) bond motifs is 2. The van der Waals surface area contributed by atoms with Crippen LogP contribution in [0, 0.1) is 0 Å². The highest BCUT2D eigenvalue weighted by molar-refractivity contribution is 7.89. The van der Waals surface area contributed by atoms with E-state index in [9.17, 15) is 32.7 Å². The van der Waals surface area contributed by atoms with Gasteiger partial charge < -0.3 is 25.4 Å². The predicted molar refractivity (Wildman–Crippen MR) is 146 cm³/mol. The third-order valence-corrected chi connectivity index (χ3v) is 9.73. The second-order valence-corrected chi connectivity index (χ2v) is 12.8. The molecule has 0 aliphatic carbocycles. The Morgan fingerprint density at radius 2 is 1.85 bits per heavy atom. The molecule has 0 spiro atoms. The number of aliphatic hydroxyl groups is 1. The predicted octanol–water partition coefficient (Wildman–Crippen LogP) is -0.112. The smallest absolute Gasteiger partial charge is 0.310 e. The number of carbonyl (C=O) groups is 4. The number of sulfonamides is 1. The Morgan fingerprint density at radius 1 is 1.10 bits per heavy atom. The van der Waals surface area contributed by atoms with Crippen molar-refractivity contribution in [3.63, 3.8) is 0 Å². The van der Waals surface area contributed by atoms with Gasteiger partial charge in [0.05, 0.1) is 12.2 Å². The SMILES string of the molecule is CCS(=O)(=O)N1C[C@@H]2CCCC[C@H](NC(=O)c3nccc4ccccc34)C(=O)N2[C@H](C(=O)NC2CC(=O)OC2O)C1. The molecule has 1 aromatic heterocycles. The highest BCUT2D eigenvalue weighted by Crippen LogP contribution is 2.28. The molecule has 4 heterocycles. The molecular weight excluding hydrogens is 554 g/mol. The lowest BCUT2D eigenvalue weighted by Gasteiger charge is -2.47. The van der Waals surface area contributed by atoms with Crippen molar-refractivity contribution in [1.82, 2.24) is 24.8 Å². The quantitative estimate of drug-likeness (QED) is 0.389. The fourth-order valence-corrected chi connectivity index (χ4v) is 6.89. The van der Waals surface area contributed by atoms with Gasteiger partial charge in [-0.3, -0.25) is 24.2 Å². The first-order valence-corrected chi connectivity index (χ1v) is 15.3. The van der Waals surface area contributed by atoms with E-state index >= 15 is 0 Å². The minimum atomic E-state index is -3.70. The number of benzene rings is 1. The highest BCUT2D eigenvalue weighted by atomic mass is 32.2. The van der Waals surface area contributed by atoms with Crippen LogP contribution in [0.4, 0.5) is 0 Å². The molecule has 3 aliphatic rings. The standard InChI is InChI=1S/C27H33N5O8S/c1-2-41(38,39)31-14-17-8-4-6-10-19(29-25(35)23-18-9-5-3-7-16(18)11-12-28-23)26(36)32(17)21(15-31)24(34)30-20-13-22(33)40-27(20)37/h3,5,7,9,11-12,17,19-21,27,37H,2,4,6,8,10,13-15H2,1H3,(H,29,35)(H,30,34)/t17-,19-,20?,21-,27?/m0/s1. The topological polar surface area (TPSA) is 175 Å². The molecule has 14 heteroatoms. The highest BCUT2D eigenvalue weighted by Gasteiger charge is 2.47. The molecule has 5 atom stereocenters. The van der Waals surface area contributed by atoms with Crippen LogP contribution in [0.1, 0.15) is 49.5 Å². The lowest BCUT2D eigenvalue weighted by Crippen LogP contribution is -2.69. The molecule has 13 nitrogen and oxygen atoms in total. The summed E-state index contributed by atoms with van der Waals surface area (Å²) in [6, 6.07) is 5.16. The third kappa shape index (κ3) is 5.90. The van der Waals surface area contributed by atoms with Crippen molar-refractivity contribution >= 4 is 44.5 Å². The zero-order valence-corrected chi connectivity index (χ0v) is 23.4. The van der Waals surface area contributed by atoms with Crippen molar-refractivity contribution in [3.05, 3.63) is 42.2 Å². The maximum absolute atomic E-state index is 14.1. The number of ether oxygens (including phenoxy) is 1. The number of hydrogen-bond acceptors (Lipinski definition) is 9. The van der Waals surface area contributed by atoms with E-state index in [-0.39, 0.29) is 31.0 Å². The fourth-order valence-electron chi connectivity index (χ4n) is 5.76. The van der Waals surface area contributed by atoms with Gasteiger partial charge in [-0.2, -0.15) is 4.31 Å². The van der Waals surface area contributed by atoms with E-state index in [1.807, 2.05) is 12.1 Å². The molecule has 0 bridgehead atoms. The van der Waals surface area contributed by atoms with Gasteiger partial charge >= 0.3 is 5.97 Å². The minimum absolute atomic E-state index is 0.0187. The second-order valence-electron chi connectivity index (χ2n) is 10.5. The molecule has 2 aromatic rings. The van der Waals surface area contributed by atoms with E-state index in [0.717, 1.165) is 5.39 Å².